The van der Waals surface area contributed by atoms with Crippen molar-refractivity contribution < 1.29 is 17.9 Å². The van der Waals surface area contributed by atoms with E-state index < -0.39 is 16.0 Å². The summed E-state index contributed by atoms with van der Waals surface area (Å²) in [6.07, 6.45) is 1.70. The first kappa shape index (κ1) is 27.1. The number of unbranched alkanes of at least 4 members (excludes halogenated alkanes) is 1. The van der Waals surface area contributed by atoms with Crippen molar-refractivity contribution >= 4 is 48.4 Å². The summed E-state index contributed by atoms with van der Waals surface area (Å²) in [7, 11) is -2.02. The zero-order chi connectivity index (χ0) is 27.4. The lowest BCUT2D eigenvalue weighted by atomic mass is 10.2. The van der Waals surface area contributed by atoms with Crippen molar-refractivity contribution in [2.45, 2.75) is 24.7 Å². The lowest BCUT2D eigenvalue weighted by molar-refractivity contribution is 0.0735. The third kappa shape index (κ3) is 6.08. The van der Waals surface area contributed by atoms with Gasteiger partial charge in [-0.1, -0.05) is 42.9 Å². The van der Waals surface area contributed by atoms with Gasteiger partial charge in [-0.05, 0) is 55.0 Å². The maximum Gasteiger partial charge on any atom is 0.343 e. The molecular weight excluding hydrogens is 532 g/mol. The molecule has 0 saturated carbocycles. The zero-order valence-electron chi connectivity index (χ0n) is 22.1. The van der Waals surface area contributed by atoms with Crippen LogP contribution in [0.15, 0.2) is 77.7 Å². The summed E-state index contributed by atoms with van der Waals surface area (Å²) in [5.74, 6) is -0.119. The molecule has 4 aromatic rings. The van der Waals surface area contributed by atoms with Crippen LogP contribution >= 0.6 is 11.3 Å². The van der Waals surface area contributed by atoms with Gasteiger partial charge in [-0.25, -0.2) is 22.5 Å². The van der Waals surface area contributed by atoms with Crippen LogP contribution in [0.25, 0.3) is 10.2 Å². The van der Waals surface area contributed by atoms with Crippen molar-refractivity contribution in [1.29, 1.82) is 0 Å². The Balaban J connectivity index is 1.22. The quantitative estimate of drug-likeness (QED) is 0.203. The Morgan fingerprint density at radius 2 is 1.67 bits per heavy atom. The first-order chi connectivity index (χ1) is 18.8. The van der Waals surface area contributed by atoms with Crippen LogP contribution in [0.1, 0.15) is 30.1 Å². The van der Waals surface area contributed by atoms with Gasteiger partial charge in [0.1, 0.15) is 5.75 Å². The number of para-hydroxylation sites is 1. The monoisotopic (exact) mass is 564 g/mol. The number of hydrogen-bond donors (Lipinski definition) is 0. The Kier molecular flexibility index (Phi) is 8.15. The number of carbonyl (C=O) groups excluding carboxylic acids is 1. The summed E-state index contributed by atoms with van der Waals surface area (Å²) < 4.78 is 33.4. The number of piperazine rings is 1. The van der Waals surface area contributed by atoms with Crippen LogP contribution in [0.4, 0.5) is 10.8 Å². The van der Waals surface area contributed by atoms with Crippen molar-refractivity contribution in [1.82, 2.24) is 9.29 Å². The van der Waals surface area contributed by atoms with Gasteiger partial charge in [-0.15, -0.1) is 0 Å². The van der Waals surface area contributed by atoms with E-state index in [1.54, 1.807) is 24.5 Å². The normalized spacial score (nSPS) is 14.2. The third-order valence-corrected chi connectivity index (χ3v) is 9.81. The molecule has 1 saturated heterocycles. The minimum absolute atomic E-state index is 0.154. The highest BCUT2D eigenvalue weighted by Crippen LogP contribution is 2.32. The third-order valence-electron chi connectivity index (χ3n) is 6.86. The molecule has 0 amide bonds. The van der Waals surface area contributed by atoms with Gasteiger partial charge in [0, 0.05) is 51.5 Å². The second-order valence-electron chi connectivity index (χ2n) is 9.53. The number of nitrogens with zero attached hydrogens (tertiary/aromatic N) is 4. The molecule has 0 aliphatic carbocycles. The lowest BCUT2D eigenvalue weighted by Crippen LogP contribution is -2.46. The molecule has 1 aromatic heterocycles. The van der Waals surface area contributed by atoms with Crippen molar-refractivity contribution in [3.63, 3.8) is 0 Å². The van der Waals surface area contributed by atoms with Crippen LogP contribution in [-0.4, -0.2) is 63.4 Å². The molecule has 0 radical (unpaired) electrons. The molecule has 0 atom stereocenters. The molecule has 2 heterocycles. The highest BCUT2D eigenvalue weighted by molar-refractivity contribution is 7.89. The van der Waals surface area contributed by atoms with Crippen LogP contribution in [-0.2, 0) is 10.0 Å². The topological polar surface area (TPSA) is 83.0 Å². The van der Waals surface area contributed by atoms with E-state index in [0.29, 0.717) is 12.3 Å². The Morgan fingerprint density at radius 3 is 2.36 bits per heavy atom. The van der Waals surface area contributed by atoms with Crippen LogP contribution in [0.2, 0.25) is 0 Å². The lowest BCUT2D eigenvalue weighted by Gasteiger charge is -2.35. The summed E-state index contributed by atoms with van der Waals surface area (Å²) in [6, 6.07) is 21.7. The molecule has 0 N–H and O–H groups in total. The molecule has 204 valence electrons. The number of rotatable bonds is 9. The maximum absolute atomic E-state index is 12.8. The molecule has 10 heteroatoms. The summed E-state index contributed by atoms with van der Waals surface area (Å²) in [5.41, 5.74) is 2.39. The van der Waals surface area contributed by atoms with Crippen LogP contribution in [0, 0.1) is 0 Å². The Hall–Kier alpha value is -3.47. The molecule has 39 heavy (non-hydrogen) atoms. The molecular formula is C29H32N4O4S2. The van der Waals surface area contributed by atoms with Gasteiger partial charge in [0.2, 0.25) is 10.0 Å². The molecule has 1 aliphatic rings. The van der Waals surface area contributed by atoms with Crippen molar-refractivity contribution in [2.24, 2.45) is 0 Å². The number of ether oxygens (including phenoxy) is 1. The molecule has 0 bridgehead atoms. The summed E-state index contributed by atoms with van der Waals surface area (Å²) in [5, 5.41) is 0.960. The maximum atomic E-state index is 12.8. The number of aromatic nitrogens is 1. The fourth-order valence-corrected chi connectivity index (χ4v) is 6.75. The summed E-state index contributed by atoms with van der Waals surface area (Å²) >= 11 is 1.58. The fraction of sp³-hybridized carbons (Fsp3) is 0.310. The Morgan fingerprint density at radius 1 is 0.974 bits per heavy atom. The minimum atomic E-state index is -3.59. The van der Waals surface area contributed by atoms with Crippen LogP contribution < -0.4 is 14.5 Å². The van der Waals surface area contributed by atoms with E-state index in [1.165, 1.54) is 34.3 Å². The fourth-order valence-electron chi connectivity index (χ4n) is 4.50. The standard InChI is InChI=1S/C29H32N4O4S2/c1-3-4-16-31(2)39(35,36)25-13-10-22(11-14-25)28(34)37-24-12-15-26-27(21-24)38-29(30-26)33-19-17-32(18-20-33)23-8-6-5-7-9-23/h5-15,21H,3-4,16-20H2,1-2H3. The molecule has 8 nitrogen and oxygen atoms in total. The number of hydrogen-bond acceptors (Lipinski definition) is 8. The van der Waals surface area contributed by atoms with Gasteiger partial charge in [-0.3, -0.25) is 0 Å². The smallest absolute Gasteiger partial charge is 0.343 e. The second kappa shape index (κ2) is 11.7. The largest absolute Gasteiger partial charge is 0.423 e. The van der Waals surface area contributed by atoms with Crippen molar-refractivity contribution in [3.8, 4) is 5.75 Å². The average molecular weight is 565 g/mol. The SMILES string of the molecule is CCCCN(C)S(=O)(=O)c1ccc(C(=O)Oc2ccc3nc(N4CCN(c5ccccc5)CC4)sc3c2)cc1. The van der Waals surface area contributed by atoms with Gasteiger partial charge < -0.3 is 14.5 Å². The van der Waals surface area contributed by atoms with E-state index in [1.807, 2.05) is 25.1 Å². The number of carbonyl (C=O) groups is 1. The van der Waals surface area contributed by atoms with E-state index in [0.717, 1.165) is 54.4 Å². The van der Waals surface area contributed by atoms with E-state index in [9.17, 15) is 13.2 Å². The number of sulfonamides is 1. The Labute approximate surface area is 233 Å². The predicted molar refractivity (Wildman–Crippen MR) is 157 cm³/mol. The number of fused-ring (bicyclic) bond motifs is 1. The van der Waals surface area contributed by atoms with Gasteiger partial charge in [0.15, 0.2) is 5.13 Å². The Bertz CT molecular complexity index is 1530. The summed E-state index contributed by atoms with van der Waals surface area (Å²) in [6.45, 7) is 6.10. The molecule has 1 fully saturated rings. The van der Waals surface area contributed by atoms with Crippen molar-refractivity contribution in [3.05, 3.63) is 78.4 Å². The average Bonchev–Trinajstić information content (AvgIpc) is 3.40. The highest BCUT2D eigenvalue weighted by Gasteiger charge is 2.22. The van der Waals surface area contributed by atoms with Crippen molar-refractivity contribution in [2.75, 3.05) is 49.6 Å². The first-order valence-electron chi connectivity index (χ1n) is 13.1. The number of esters is 1. The van der Waals surface area contributed by atoms with E-state index in [-0.39, 0.29) is 10.5 Å². The van der Waals surface area contributed by atoms with Gasteiger partial charge >= 0.3 is 5.97 Å². The zero-order valence-corrected chi connectivity index (χ0v) is 23.7. The van der Waals surface area contributed by atoms with Crippen LogP contribution in [0.3, 0.4) is 0 Å². The van der Waals surface area contributed by atoms with Crippen LogP contribution in [0.5, 0.6) is 5.75 Å². The van der Waals surface area contributed by atoms with Gasteiger partial charge in [-0.2, -0.15) is 0 Å². The van der Waals surface area contributed by atoms with Gasteiger partial charge in [0.05, 0.1) is 20.7 Å². The number of benzene rings is 3. The first-order valence-corrected chi connectivity index (χ1v) is 15.3. The predicted octanol–water partition coefficient (Wildman–Crippen LogP) is 5.26. The second-order valence-corrected chi connectivity index (χ2v) is 12.6. The number of thiazole rings is 1. The summed E-state index contributed by atoms with van der Waals surface area (Å²) in [4.78, 5) is 22.4. The van der Waals surface area contributed by atoms with E-state index >= 15 is 0 Å². The van der Waals surface area contributed by atoms with E-state index in [4.69, 9.17) is 9.72 Å². The molecule has 5 rings (SSSR count). The highest BCUT2D eigenvalue weighted by atomic mass is 32.2. The minimum Gasteiger partial charge on any atom is -0.423 e. The molecule has 0 spiro atoms. The van der Waals surface area contributed by atoms with Gasteiger partial charge in [0.25, 0.3) is 0 Å². The molecule has 1 aliphatic heterocycles. The molecule has 3 aromatic carbocycles. The molecule has 0 unspecified atom stereocenters. The number of anilines is 2. The van der Waals surface area contributed by atoms with E-state index in [2.05, 4.69) is 34.1 Å².